The van der Waals surface area contributed by atoms with Crippen molar-refractivity contribution in [2.24, 2.45) is 9.98 Å². The summed E-state index contributed by atoms with van der Waals surface area (Å²) in [5.74, 6) is 4.00. The fourth-order valence-corrected chi connectivity index (χ4v) is 6.72. The minimum atomic E-state index is -0.334. The Hall–Kier alpha value is -7.02. The molecule has 0 bridgehead atoms. The molecule has 0 amide bonds. The van der Waals surface area contributed by atoms with Crippen molar-refractivity contribution in [3.05, 3.63) is 212 Å². The number of nitrogens with one attached hydrogen (secondary N) is 1. The van der Waals surface area contributed by atoms with Crippen LogP contribution in [0.5, 0.6) is 0 Å². The Morgan fingerprint density at radius 1 is 0.750 bits per heavy atom. The molecular formula is C64H82N4. The molecule has 2 aliphatic heterocycles. The molecule has 0 saturated heterocycles. The van der Waals surface area contributed by atoms with Crippen LogP contribution in [0.25, 0.3) is 17.4 Å². The first-order valence-corrected chi connectivity index (χ1v) is 25.2. The second-order valence-electron chi connectivity index (χ2n) is 13.2. The maximum absolute atomic E-state index is 5.94. The number of hydrogen-bond acceptors (Lipinski definition) is 4. The van der Waals surface area contributed by atoms with Crippen LogP contribution in [-0.4, -0.2) is 23.6 Å². The van der Waals surface area contributed by atoms with Gasteiger partial charge in [-0.1, -0.05) is 231 Å². The van der Waals surface area contributed by atoms with E-state index >= 15 is 0 Å². The van der Waals surface area contributed by atoms with E-state index in [9.17, 15) is 0 Å². The minimum Gasteiger partial charge on any atom is -0.364 e. The van der Waals surface area contributed by atoms with E-state index in [1.54, 1.807) is 0 Å². The van der Waals surface area contributed by atoms with Crippen molar-refractivity contribution in [3.8, 4) is 12.3 Å². The van der Waals surface area contributed by atoms with Gasteiger partial charge in [-0.15, -0.1) is 12.2 Å². The highest BCUT2D eigenvalue weighted by Gasteiger charge is 2.25. The van der Waals surface area contributed by atoms with Gasteiger partial charge in [0.05, 0.1) is 17.2 Å². The SMILES string of the molecule is C#C/C(=C\CCC)C1=NC(c2ccccc2)NC(C2=C=C=c3cc(C4=C=C=C(C5=CC(c6ccccc6)N(C)C(/C(C=C=C)=C/C)=C5)C=C4)ccc3=C2)=N1.CC.CC.CC.CC.CC.CC.CC. The molecule has 1 N–H and O–H groups in total. The molecule has 0 spiro atoms. The lowest BCUT2D eigenvalue weighted by atomic mass is 9.90. The molecule has 4 heteroatoms. The maximum atomic E-state index is 5.94. The summed E-state index contributed by atoms with van der Waals surface area (Å²) < 4.78 is 0. The Kier molecular flexibility index (Phi) is 32.4. The maximum Gasteiger partial charge on any atom is 0.167 e. The third kappa shape index (κ3) is 17.0. The number of terminal acetylenes is 1. The van der Waals surface area contributed by atoms with E-state index in [1.165, 1.54) is 5.56 Å². The average Bonchev–Trinajstić information content (AvgIpc) is 3.44. The van der Waals surface area contributed by atoms with Crippen molar-refractivity contribution in [3.63, 3.8) is 0 Å². The summed E-state index contributed by atoms with van der Waals surface area (Å²) in [6, 6.07) is 27.0. The van der Waals surface area contributed by atoms with Crippen molar-refractivity contribution in [2.75, 3.05) is 7.05 Å². The fraction of sp³-hybridized carbons (Fsp3) is 0.328. The van der Waals surface area contributed by atoms with Gasteiger partial charge in [-0.05, 0) is 83.3 Å². The van der Waals surface area contributed by atoms with Crippen molar-refractivity contribution in [2.45, 2.75) is 136 Å². The summed E-state index contributed by atoms with van der Waals surface area (Å²) in [7, 11) is 2.13. The van der Waals surface area contributed by atoms with Gasteiger partial charge in [0.1, 0.15) is 12.0 Å². The van der Waals surface area contributed by atoms with Gasteiger partial charge >= 0.3 is 0 Å². The predicted octanol–water partition coefficient (Wildman–Crippen LogP) is 16.0. The van der Waals surface area contributed by atoms with Gasteiger partial charge in [0, 0.05) is 34.7 Å². The van der Waals surface area contributed by atoms with Crippen LogP contribution >= 0.6 is 0 Å². The van der Waals surface area contributed by atoms with Gasteiger partial charge in [-0.25, -0.2) is 9.98 Å². The average molecular weight is 907 g/mol. The Labute approximate surface area is 414 Å². The zero-order valence-electron chi connectivity index (χ0n) is 44.8. The topological polar surface area (TPSA) is 40.0 Å². The van der Waals surface area contributed by atoms with Gasteiger partial charge in [-0.3, -0.25) is 0 Å². The third-order valence-electron chi connectivity index (χ3n) is 9.63. The fourth-order valence-electron chi connectivity index (χ4n) is 6.72. The van der Waals surface area contributed by atoms with Crippen LogP contribution in [-0.2, 0) is 0 Å². The molecule has 358 valence electrons. The van der Waals surface area contributed by atoms with Crippen molar-refractivity contribution in [1.29, 1.82) is 0 Å². The van der Waals surface area contributed by atoms with Gasteiger partial charge in [0.25, 0.3) is 0 Å². The number of hydrogen-bond donors (Lipinski definition) is 1. The second-order valence-corrected chi connectivity index (χ2v) is 13.2. The number of unbranched alkanes of at least 4 members (excludes halogenated alkanes) is 1. The summed E-state index contributed by atoms with van der Waals surface area (Å²) in [4.78, 5) is 12.1. The second kappa shape index (κ2) is 36.1. The lowest BCUT2D eigenvalue weighted by molar-refractivity contribution is 0.361. The van der Waals surface area contributed by atoms with Crippen LogP contribution in [0.1, 0.15) is 153 Å². The lowest BCUT2D eigenvalue weighted by Gasteiger charge is -2.35. The lowest BCUT2D eigenvalue weighted by Crippen LogP contribution is -2.35. The third-order valence-corrected chi connectivity index (χ3v) is 9.63. The molecule has 3 aromatic carbocycles. The quantitative estimate of drug-likeness (QED) is 0.125. The standard InChI is InChI=1S/C50H40N4.7C2H6/c1-6-10-18-36(9-4)48-51-49(40-21-15-12-16-22-40)53-50(52-48)44-30-29-42-31-41(27-28-43(42)32-44)37-23-25-38(26-24-37)45-33-46(35(8-3)17-7-2)54(5)47(34-45)39-19-13-11-14-20-39;7*1-2/h4,8,11-23,25,27-28,31-34,47,49H,2,6,10H2,1,3,5H3,(H,51,52,53);7*1-2H3/b35-8+,36-18+;;;;;;;. The molecule has 2 aliphatic carbocycles. The van der Waals surface area contributed by atoms with Crippen LogP contribution in [0, 0.1) is 12.3 Å². The van der Waals surface area contributed by atoms with Crippen molar-refractivity contribution >= 4 is 29.1 Å². The summed E-state index contributed by atoms with van der Waals surface area (Å²) >= 11 is 0. The monoisotopic (exact) mass is 907 g/mol. The van der Waals surface area contributed by atoms with E-state index in [1.807, 2.05) is 152 Å². The predicted molar refractivity (Wildman–Crippen MR) is 303 cm³/mol. The zero-order chi connectivity index (χ0) is 51.4. The largest absolute Gasteiger partial charge is 0.364 e. The minimum absolute atomic E-state index is 0.0504. The molecule has 0 saturated carbocycles. The van der Waals surface area contributed by atoms with E-state index in [0.29, 0.717) is 17.2 Å². The van der Waals surface area contributed by atoms with Gasteiger partial charge < -0.3 is 10.2 Å². The van der Waals surface area contributed by atoms with Crippen LogP contribution in [0.4, 0.5) is 0 Å². The molecule has 2 heterocycles. The molecule has 3 aromatic rings. The highest BCUT2D eigenvalue weighted by molar-refractivity contribution is 6.17. The van der Waals surface area contributed by atoms with Crippen molar-refractivity contribution in [1.82, 2.24) is 10.2 Å². The van der Waals surface area contributed by atoms with E-state index in [0.717, 1.165) is 68.0 Å². The number of aliphatic imine (C=N–C) groups is 2. The number of allylic oxidation sites excluding steroid dienone is 9. The Balaban J connectivity index is 0.00000294. The highest BCUT2D eigenvalue weighted by atomic mass is 15.2. The molecule has 68 heavy (non-hydrogen) atoms. The number of likely N-dealkylation sites (N-methyl/N-ethyl adjacent to an activating group) is 1. The van der Waals surface area contributed by atoms with Crippen molar-refractivity contribution < 1.29 is 0 Å². The summed E-state index contributed by atoms with van der Waals surface area (Å²) in [5, 5.41) is 5.46. The zero-order valence-corrected chi connectivity index (χ0v) is 44.8. The number of nitrogens with zero attached hydrogens (tertiary/aromatic N) is 3. The first-order valence-electron chi connectivity index (χ1n) is 25.2. The molecule has 0 radical (unpaired) electrons. The first kappa shape index (κ1) is 61.0. The molecular weight excluding hydrogens is 825 g/mol. The van der Waals surface area contributed by atoms with Crippen LogP contribution < -0.4 is 15.8 Å². The summed E-state index contributed by atoms with van der Waals surface area (Å²) in [5.41, 5.74) is 26.5. The van der Waals surface area contributed by atoms with Crippen LogP contribution in [0.3, 0.4) is 0 Å². The highest BCUT2D eigenvalue weighted by Crippen LogP contribution is 2.36. The van der Waals surface area contributed by atoms with E-state index in [-0.39, 0.29) is 12.2 Å². The number of amidine groups is 2. The molecule has 0 fully saturated rings. The molecule has 2 atom stereocenters. The molecule has 7 rings (SSSR count). The summed E-state index contributed by atoms with van der Waals surface area (Å²) in [6.07, 6.45) is 24.3. The molecule has 0 aromatic heterocycles. The van der Waals surface area contributed by atoms with E-state index in [2.05, 4.69) is 144 Å². The number of fused-ring (bicyclic) bond motifs is 1. The number of benzene rings is 3. The van der Waals surface area contributed by atoms with E-state index < -0.39 is 0 Å². The normalized spacial score (nSPS) is 15.5. The smallest absolute Gasteiger partial charge is 0.167 e. The van der Waals surface area contributed by atoms with Crippen LogP contribution in [0.2, 0.25) is 0 Å². The number of rotatable bonds is 10. The van der Waals surface area contributed by atoms with E-state index in [4.69, 9.17) is 16.4 Å². The molecule has 4 aliphatic rings. The molecule has 4 nitrogen and oxygen atoms in total. The first-order chi connectivity index (χ1) is 33.5. The summed E-state index contributed by atoms with van der Waals surface area (Å²) in [6.45, 7) is 36.0. The van der Waals surface area contributed by atoms with Gasteiger partial charge in [-0.2, -0.15) is 0 Å². The van der Waals surface area contributed by atoms with Crippen LogP contribution in [0.15, 0.2) is 194 Å². The van der Waals surface area contributed by atoms with Gasteiger partial charge in [0.2, 0.25) is 0 Å². The Morgan fingerprint density at radius 3 is 1.87 bits per heavy atom. The Bertz CT molecular complexity index is 2650. The van der Waals surface area contributed by atoms with Gasteiger partial charge in [0.15, 0.2) is 5.84 Å². The Morgan fingerprint density at radius 2 is 1.32 bits per heavy atom. The molecule has 2 unspecified atom stereocenters.